The van der Waals surface area contributed by atoms with Gasteiger partial charge >= 0.3 is 0 Å². The summed E-state index contributed by atoms with van der Waals surface area (Å²) in [6.07, 6.45) is 1.34. The Labute approximate surface area is 141 Å². The molecule has 0 saturated carbocycles. The molecule has 0 fully saturated rings. The van der Waals surface area contributed by atoms with Crippen LogP contribution in [0.1, 0.15) is 29.0 Å². The summed E-state index contributed by atoms with van der Waals surface area (Å²) in [6.45, 7) is 6.47. The summed E-state index contributed by atoms with van der Waals surface area (Å²) in [5.74, 6) is 0.431. The molecule has 24 heavy (non-hydrogen) atoms. The second kappa shape index (κ2) is 6.66. The number of anilines is 1. The summed E-state index contributed by atoms with van der Waals surface area (Å²) in [5.41, 5.74) is 2.26. The van der Waals surface area contributed by atoms with Crippen molar-refractivity contribution in [1.82, 2.24) is 4.90 Å². The molecule has 0 saturated heterocycles. The highest BCUT2D eigenvalue weighted by atomic mass is 16.5. The summed E-state index contributed by atoms with van der Waals surface area (Å²) < 4.78 is 5.46. The average Bonchev–Trinajstić information content (AvgIpc) is 2.59. The minimum absolute atomic E-state index is 0.0553. The van der Waals surface area contributed by atoms with Crippen molar-refractivity contribution < 1.29 is 14.6 Å². The van der Waals surface area contributed by atoms with E-state index < -0.39 is 0 Å². The number of nitrogens with one attached hydrogen (secondary N) is 1. The Kier molecular flexibility index (Phi) is 4.42. The van der Waals surface area contributed by atoms with Crippen LogP contribution in [-0.4, -0.2) is 29.1 Å². The van der Waals surface area contributed by atoms with E-state index in [1.165, 1.54) is 0 Å². The van der Waals surface area contributed by atoms with Gasteiger partial charge in [0.1, 0.15) is 6.17 Å². The molecule has 0 spiro atoms. The summed E-state index contributed by atoms with van der Waals surface area (Å²) in [7, 11) is 0. The van der Waals surface area contributed by atoms with Gasteiger partial charge in [-0.3, -0.25) is 4.79 Å². The molecule has 0 radical (unpaired) electrons. The number of benzene rings is 2. The first-order chi connectivity index (χ1) is 11.7. The van der Waals surface area contributed by atoms with Crippen LogP contribution in [0.3, 0.4) is 0 Å². The summed E-state index contributed by atoms with van der Waals surface area (Å²) >= 11 is 0. The molecule has 2 aromatic rings. The van der Waals surface area contributed by atoms with Crippen molar-refractivity contribution >= 4 is 11.6 Å². The first-order valence-electron chi connectivity index (χ1n) is 7.88. The molecule has 0 bridgehead atoms. The zero-order valence-electron chi connectivity index (χ0n) is 13.5. The molecule has 1 heterocycles. The third kappa shape index (κ3) is 2.80. The third-order valence-corrected chi connectivity index (χ3v) is 3.95. The van der Waals surface area contributed by atoms with Gasteiger partial charge in [-0.05, 0) is 36.8 Å². The number of fused-ring (bicyclic) bond motifs is 1. The molecular weight excluding hydrogens is 304 g/mol. The number of phenolic OH excluding ortho intramolecular Hbond substituents is 1. The van der Waals surface area contributed by atoms with Gasteiger partial charge in [0, 0.05) is 12.2 Å². The molecule has 1 amide bonds. The lowest BCUT2D eigenvalue weighted by Gasteiger charge is -2.37. The van der Waals surface area contributed by atoms with E-state index in [0.29, 0.717) is 24.5 Å². The first-order valence-corrected chi connectivity index (χ1v) is 7.88. The van der Waals surface area contributed by atoms with Gasteiger partial charge < -0.3 is 20.1 Å². The van der Waals surface area contributed by atoms with Crippen molar-refractivity contribution in [3.8, 4) is 11.5 Å². The van der Waals surface area contributed by atoms with Crippen molar-refractivity contribution in [3.63, 3.8) is 0 Å². The number of aromatic hydroxyl groups is 1. The average molecular weight is 324 g/mol. The smallest absolute Gasteiger partial charge is 0.258 e. The quantitative estimate of drug-likeness (QED) is 0.826. The maximum Gasteiger partial charge on any atom is 0.258 e. The Morgan fingerprint density at radius 2 is 2.12 bits per heavy atom. The number of phenols is 1. The van der Waals surface area contributed by atoms with Crippen LogP contribution in [0.15, 0.2) is 55.1 Å². The molecule has 1 aliphatic heterocycles. The van der Waals surface area contributed by atoms with Crippen LogP contribution < -0.4 is 10.1 Å². The van der Waals surface area contributed by atoms with Gasteiger partial charge in [-0.2, -0.15) is 0 Å². The second-order valence-corrected chi connectivity index (χ2v) is 5.50. The topological polar surface area (TPSA) is 61.8 Å². The second-order valence-electron chi connectivity index (χ2n) is 5.50. The van der Waals surface area contributed by atoms with Crippen LogP contribution in [0, 0.1) is 0 Å². The van der Waals surface area contributed by atoms with Crippen molar-refractivity contribution in [3.05, 3.63) is 66.2 Å². The van der Waals surface area contributed by atoms with Crippen molar-refractivity contribution in [2.75, 3.05) is 18.5 Å². The van der Waals surface area contributed by atoms with E-state index >= 15 is 0 Å². The zero-order chi connectivity index (χ0) is 17.1. The predicted molar refractivity (Wildman–Crippen MR) is 93.3 cm³/mol. The molecule has 3 rings (SSSR count). The van der Waals surface area contributed by atoms with E-state index in [1.807, 2.05) is 25.1 Å². The summed E-state index contributed by atoms with van der Waals surface area (Å²) in [5, 5.41) is 13.3. The minimum atomic E-state index is -0.356. The molecule has 1 aliphatic rings. The number of rotatable bonds is 5. The number of hydrogen-bond donors (Lipinski definition) is 2. The lowest BCUT2D eigenvalue weighted by atomic mass is 10.0. The minimum Gasteiger partial charge on any atom is -0.504 e. The molecule has 2 N–H and O–H groups in total. The normalized spacial score (nSPS) is 16.3. The zero-order valence-corrected chi connectivity index (χ0v) is 13.5. The van der Waals surface area contributed by atoms with E-state index in [-0.39, 0.29) is 17.8 Å². The molecule has 0 aliphatic carbocycles. The van der Waals surface area contributed by atoms with Gasteiger partial charge in [0.25, 0.3) is 5.91 Å². The highest BCUT2D eigenvalue weighted by molar-refractivity contribution is 6.01. The van der Waals surface area contributed by atoms with Crippen molar-refractivity contribution in [2.24, 2.45) is 0 Å². The Hall–Kier alpha value is -2.95. The van der Waals surface area contributed by atoms with E-state index in [9.17, 15) is 9.90 Å². The van der Waals surface area contributed by atoms with E-state index in [2.05, 4.69) is 11.9 Å². The number of para-hydroxylation sites is 1. The fraction of sp³-hybridized carbons (Fsp3) is 0.211. The molecular formula is C19H20N2O3. The van der Waals surface area contributed by atoms with Gasteiger partial charge in [0.2, 0.25) is 0 Å². The number of carbonyl (C=O) groups excluding carboxylic acids is 1. The number of nitrogens with zero attached hydrogens (tertiary/aromatic N) is 1. The van der Waals surface area contributed by atoms with Gasteiger partial charge in [-0.25, -0.2) is 0 Å². The Morgan fingerprint density at radius 1 is 1.33 bits per heavy atom. The van der Waals surface area contributed by atoms with Gasteiger partial charge in [0.05, 0.1) is 12.2 Å². The Morgan fingerprint density at radius 3 is 2.88 bits per heavy atom. The molecule has 5 nitrogen and oxygen atoms in total. The van der Waals surface area contributed by atoms with Crippen LogP contribution in [-0.2, 0) is 0 Å². The standard InChI is InChI=1S/C19H20N2O3/c1-3-11-21-18(13-9-10-16(22)17(12-13)24-4-2)20-15-8-6-5-7-14(15)19(21)23/h3,5-10,12,18,20,22H,1,4,11H2,2H3. The molecule has 2 aromatic carbocycles. The van der Waals surface area contributed by atoms with Crippen LogP contribution in [0.25, 0.3) is 0 Å². The molecule has 124 valence electrons. The predicted octanol–water partition coefficient (Wildman–Crippen LogP) is 3.54. The Bertz CT molecular complexity index is 773. The number of ether oxygens (including phenoxy) is 1. The maximum absolute atomic E-state index is 12.8. The molecule has 1 unspecified atom stereocenters. The van der Waals surface area contributed by atoms with Crippen LogP contribution in [0.4, 0.5) is 5.69 Å². The van der Waals surface area contributed by atoms with Crippen molar-refractivity contribution in [2.45, 2.75) is 13.1 Å². The van der Waals surface area contributed by atoms with Crippen LogP contribution >= 0.6 is 0 Å². The van der Waals surface area contributed by atoms with Crippen molar-refractivity contribution in [1.29, 1.82) is 0 Å². The fourth-order valence-electron chi connectivity index (χ4n) is 2.86. The third-order valence-electron chi connectivity index (χ3n) is 3.95. The fourth-order valence-corrected chi connectivity index (χ4v) is 2.86. The summed E-state index contributed by atoms with van der Waals surface area (Å²) in [4.78, 5) is 14.5. The number of carbonyl (C=O) groups is 1. The lowest BCUT2D eigenvalue weighted by Crippen LogP contribution is -2.42. The van der Waals surface area contributed by atoms with Gasteiger partial charge in [-0.1, -0.05) is 24.3 Å². The highest BCUT2D eigenvalue weighted by Gasteiger charge is 2.32. The largest absolute Gasteiger partial charge is 0.504 e. The Balaban J connectivity index is 2.03. The summed E-state index contributed by atoms with van der Waals surface area (Å²) in [6, 6.07) is 12.6. The molecule has 0 aromatic heterocycles. The number of hydrogen-bond acceptors (Lipinski definition) is 4. The lowest BCUT2D eigenvalue weighted by molar-refractivity contribution is 0.0707. The van der Waals surface area contributed by atoms with Gasteiger partial charge in [-0.15, -0.1) is 6.58 Å². The van der Waals surface area contributed by atoms with Gasteiger partial charge in [0.15, 0.2) is 11.5 Å². The van der Waals surface area contributed by atoms with Crippen LogP contribution in [0.2, 0.25) is 0 Å². The van der Waals surface area contributed by atoms with E-state index in [4.69, 9.17) is 4.74 Å². The molecule has 5 heteroatoms. The first kappa shape index (κ1) is 15.9. The SMILES string of the molecule is C=CCN1C(=O)c2ccccc2NC1c1ccc(O)c(OCC)c1. The van der Waals surface area contributed by atoms with E-state index in [1.54, 1.807) is 35.2 Å². The number of amides is 1. The molecule has 1 atom stereocenters. The van der Waals surface area contributed by atoms with Crippen LogP contribution in [0.5, 0.6) is 11.5 Å². The van der Waals surface area contributed by atoms with E-state index in [0.717, 1.165) is 11.3 Å². The highest BCUT2D eigenvalue weighted by Crippen LogP contribution is 2.36. The monoisotopic (exact) mass is 324 g/mol. The maximum atomic E-state index is 12.8.